The van der Waals surface area contributed by atoms with Crippen molar-refractivity contribution in [1.29, 1.82) is 0 Å². The van der Waals surface area contributed by atoms with Crippen LogP contribution >= 0.6 is 21.6 Å². The molecule has 0 radical (unpaired) electrons. The molecule has 3 fully saturated rings. The first-order valence-corrected chi connectivity index (χ1v) is 35.0. The zero-order valence-corrected chi connectivity index (χ0v) is 57.1. The molecule has 37 nitrogen and oxygen atoms in total. The summed E-state index contributed by atoms with van der Waals surface area (Å²) in [5.41, 5.74) is 28.2. The van der Waals surface area contributed by atoms with Crippen LogP contribution in [0, 0.1) is 0 Å². The van der Waals surface area contributed by atoms with E-state index in [1.807, 2.05) is 0 Å². The molecule has 0 spiro atoms. The SMILES string of the molecule is NC(=O)CCC1NC(=O)[C@H](Cc2ccccc2)NC(=O)C(Cc2ccc(O)cc2)NC(=O)[C@@H](NC(=O)CCCOCCOCCOCCO[C@@H]2O[C@H](CO)[C@@H](O)[C@H](O)[C@H]2O)CSSC[C@@H](C(=O)N2CCC[C@H]2C(=O)N[C@@H](CCCN=C(N)N)C(=O)NCC(N)=O)NC(=O)C(CC(N)=O)NC1=O. The van der Waals surface area contributed by atoms with Crippen molar-refractivity contribution in [2.45, 2.75) is 150 Å². The van der Waals surface area contributed by atoms with Gasteiger partial charge in [-0.1, -0.05) is 64.1 Å². The molecule has 39 heteroatoms. The highest BCUT2D eigenvalue weighted by Crippen LogP contribution is 2.27. The molecule has 101 heavy (non-hydrogen) atoms. The topological polar surface area (TPSA) is 594 Å². The molecule has 3 aliphatic rings. The Kier molecular flexibility index (Phi) is 36.2. The number of hydrogen-bond acceptors (Lipinski definition) is 25. The number of aliphatic hydroxyl groups is 4. The first-order chi connectivity index (χ1) is 48.2. The fraction of sp³-hybridized carbons (Fsp3) is 0.597. The first kappa shape index (κ1) is 83.2. The molecule has 3 saturated heterocycles. The number of nitrogens with one attached hydrogen (secondary N) is 8. The molecule has 23 N–H and O–H groups in total. The second-order valence-corrected chi connectivity index (χ2v) is 26.2. The van der Waals surface area contributed by atoms with Crippen LogP contribution in [0.1, 0.15) is 68.9 Å². The summed E-state index contributed by atoms with van der Waals surface area (Å²) >= 11 is 0. The Labute approximate surface area is 589 Å². The molecule has 12 amide bonds. The van der Waals surface area contributed by atoms with E-state index in [1.54, 1.807) is 30.3 Å². The number of phenols is 1. The Morgan fingerprint density at radius 2 is 1.24 bits per heavy atom. The molecule has 5 rings (SSSR count). The summed E-state index contributed by atoms with van der Waals surface area (Å²) < 4.78 is 27.3. The summed E-state index contributed by atoms with van der Waals surface area (Å²) in [4.78, 5) is 171. The zero-order chi connectivity index (χ0) is 74.0. The van der Waals surface area contributed by atoms with E-state index in [1.165, 1.54) is 24.3 Å². The van der Waals surface area contributed by atoms with E-state index in [0.717, 1.165) is 26.5 Å². The number of rotatable bonds is 35. The number of aliphatic hydroxyl groups excluding tert-OH is 4. The van der Waals surface area contributed by atoms with Gasteiger partial charge in [0, 0.05) is 56.9 Å². The standard InChI is InChI=1S/C62H93N15O22S2/c63-46(80)17-16-38-54(88)75-41(29-47(64)81)57(91)76-43(60(94)77-19-5-10-44(77)59(93)72-37(9-4-18-68-62(66)67)53(87)69-30-48(65)82)33-101-100-32-42(70-49(83)11-6-20-95-21-22-96-23-24-97-25-26-98-61-52(86)51(85)50(84)45(31-78)99-61)58(92)74-40(28-35-12-14-36(79)15-13-35)56(90)73-39(55(89)71-38)27-34-7-2-1-3-8-34/h1-3,7-8,12-15,37-45,50-52,61,78-79,84-86H,4-6,9-11,16-33H2,(H2,63,80)(H2,64,81)(H2,65,82)(H,69,87)(H,70,83)(H,71,89)(H,72,93)(H,73,90)(H,74,92)(H,75,88)(H,76,91)(H4,66,67,68)/t37-,38?,39-,40?,41?,42-,43-,44-,45+,50+,51-,52+,61+/m0/s1. The summed E-state index contributed by atoms with van der Waals surface area (Å²) in [5, 5.41) is 70.1. The summed E-state index contributed by atoms with van der Waals surface area (Å²) in [6.45, 7) is -0.671. The van der Waals surface area contributed by atoms with Crippen LogP contribution < -0.4 is 71.2 Å². The molecule has 13 atom stereocenters. The van der Waals surface area contributed by atoms with Gasteiger partial charge in [0.25, 0.3) is 0 Å². The molecule has 3 heterocycles. The van der Waals surface area contributed by atoms with Crippen molar-refractivity contribution in [2.75, 3.05) is 84.0 Å². The summed E-state index contributed by atoms with van der Waals surface area (Å²) in [7, 11) is 1.83. The second kappa shape index (κ2) is 44.0. The Morgan fingerprint density at radius 1 is 0.653 bits per heavy atom. The minimum atomic E-state index is -1.88. The number of benzene rings is 2. The average Bonchev–Trinajstić information content (AvgIpc) is 1.77. The number of ether oxygens (including phenoxy) is 5. The van der Waals surface area contributed by atoms with Crippen LogP contribution in [0.5, 0.6) is 5.75 Å². The number of phenolic OH excluding ortho intramolecular Hbond substituents is 1. The van der Waals surface area contributed by atoms with Crippen LogP contribution in [0.3, 0.4) is 0 Å². The molecule has 3 aliphatic heterocycles. The van der Waals surface area contributed by atoms with Crippen LogP contribution in [-0.2, 0) is 94.1 Å². The number of hydrogen-bond donors (Lipinski definition) is 18. The van der Waals surface area contributed by atoms with Gasteiger partial charge in [-0.15, -0.1) is 0 Å². The molecule has 2 aromatic carbocycles. The Bertz CT molecular complexity index is 3110. The highest BCUT2D eigenvalue weighted by atomic mass is 33.1. The normalized spacial score (nSPS) is 24.4. The number of amides is 12. The molecular formula is C62H93N15O22S2. The van der Waals surface area contributed by atoms with Gasteiger partial charge in [0.1, 0.15) is 78.5 Å². The third-order valence-electron chi connectivity index (χ3n) is 15.7. The number of nitrogens with two attached hydrogens (primary N) is 5. The van der Waals surface area contributed by atoms with Crippen molar-refractivity contribution < 1.29 is 107 Å². The van der Waals surface area contributed by atoms with Crippen molar-refractivity contribution in [1.82, 2.24) is 47.4 Å². The summed E-state index contributed by atoms with van der Waals surface area (Å²) in [6.07, 6.45) is -9.17. The third kappa shape index (κ3) is 29.5. The van der Waals surface area contributed by atoms with Gasteiger partial charge in [0.2, 0.25) is 70.9 Å². The maximum Gasteiger partial charge on any atom is 0.246 e. The lowest BCUT2D eigenvalue weighted by molar-refractivity contribution is -0.302. The van der Waals surface area contributed by atoms with Crippen LogP contribution in [-0.4, -0.2) is 270 Å². The molecule has 2 aromatic rings. The number of carbonyl (C=O) groups excluding carboxylic acids is 12. The smallest absolute Gasteiger partial charge is 0.246 e. The van der Waals surface area contributed by atoms with E-state index in [4.69, 9.17) is 52.4 Å². The van der Waals surface area contributed by atoms with Crippen molar-refractivity contribution in [3.63, 3.8) is 0 Å². The quantitative estimate of drug-likeness (QED) is 0.0132. The van der Waals surface area contributed by atoms with E-state index < -0.39 is 182 Å². The van der Waals surface area contributed by atoms with E-state index in [9.17, 15) is 83.1 Å². The van der Waals surface area contributed by atoms with E-state index >= 15 is 0 Å². The fourth-order valence-corrected chi connectivity index (χ4v) is 12.8. The lowest BCUT2D eigenvalue weighted by Gasteiger charge is -2.39. The van der Waals surface area contributed by atoms with Gasteiger partial charge in [0.05, 0.1) is 59.2 Å². The van der Waals surface area contributed by atoms with Gasteiger partial charge in [-0.25, -0.2) is 0 Å². The van der Waals surface area contributed by atoms with Gasteiger partial charge in [0.15, 0.2) is 12.2 Å². The predicted molar refractivity (Wildman–Crippen MR) is 361 cm³/mol. The molecule has 0 aliphatic carbocycles. The number of aromatic hydroxyl groups is 1. The monoisotopic (exact) mass is 1460 g/mol. The van der Waals surface area contributed by atoms with E-state index in [0.29, 0.717) is 11.1 Å². The highest BCUT2D eigenvalue weighted by Gasteiger charge is 2.45. The Morgan fingerprint density at radius 3 is 1.86 bits per heavy atom. The average molecular weight is 1460 g/mol. The van der Waals surface area contributed by atoms with Crippen molar-refractivity contribution >= 4 is 98.4 Å². The van der Waals surface area contributed by atoms with Gasteiger partial charge < -0.3 is 125 Å². The zero-order valence-electron chi connectivity index (χ0n) is 55.4. The molecular weight excluding hydrogens is 1370 g/mol. The van der Waals surface area contributed by atoms with Gasteiger partial charge in [-0.05, 0) is 61.8 Å². The summed E-state index contributed by atoms with van der Waals surface area (Å²) in [6, 6.07) is 1.61. The number of carbonyl (C=O) groups is 12. The largest absolute Gasteiger partial charge is 0.508 e. The minimum Gasteiger partial charge on any atom is -0.508 e. The number of guanidine groups is 1. The number of nitrogens with zero attached hydrogens (tertiary/aromatic N) is 2. The van der Waals surface area contributed by atoms with Crippen molar-refractivity contribution in [2.24, 2.45) is 33.7 Å². The lowest BCUT2D eigenvalue weighted by atomic mass is 9.99. The molecule has 560 valence electrons. The number of likely N-dealkylation sites (tertiary alicyclic amines) is 1. The Hall–Kier alpha value is -8.51. The van der Waals surface area contributed by atoms with Gasteiger partial charge in [-0.2, -0.15) is 0 Å². The Balaban J connectivity index is 1.40. The predicted octanol–water partition coefficient (Wildman–Crippen LogP) is -7.60. The van der Waals surface area contributed by atoms with Gasteiger partial charge >= 0.3 is 0 Å². The molecule has 3 unspecified atom stereocenters. The van der Waals surface area contributed by atoms with Crippen molar-refractivity contribution in [3.8, 4) is 5.75 Å². The number of primary amides is 3. The van der Waals surface area contributed by atoms with E-state index in [2.05, 4.69) is 47.5 Å². The van der Waals surface area contributed by atoms with Crippen LogP contribution in [0.2, 0.25) is 0 Å². The van der Waals surface area contributed by atoms with Gasteiger partial charge in [-0.3, -0.25) is 62.5 Å². The lowest BCUT2D eigenvalue weighted by Crippen LogP contribution is -2.61. The maximum atomic E-state index is 15.0. The minimum absolute atomic E-state index is 0.0424. The van der Waals surface area contributed by atoms with Crippen LogP contribution in [0.4, 0.5) is 0 Å². The van der Waals surface area contributed by atoms with Crippen LogP contribution in [0.25, 0.3) is 0 Å². The first-order valence-electron chi connectivity index (χ1n) is 32.6. The molecule has 0 aromatic heterocycles. The number of aliphatic imine (C=N–C) groups is 1. The maximum absolute atomic E-state index is 15.0. The van der Waals surface area contributed by atoms with Crippen LogP contribution in [0.15, 0.2) is 59.6 Å². The van der Waals surface area contributed by atoms with E-state index in [-0.39, 0.29) is 134 Å². The molecule has 0 saturated carbocycles. The summed E-state index contributed by atoms with van der Waals surface area (Å²) in [5.74, 6) is -12.2. The molecule has 0 bridgehead atoms. The highest BCUT2D eigenvalue weighted by molar-refractivity contribution is 8.76. The van der Waals surface area contributed by atoms with Crippen molar-refractivity contribution in [3.05, 3.63) is 65.7 Å². The fourth-order valence-electron chi connectivity index (χ4n) is 10.5. The second-order valence-electron chi connectivity index (χ2n) is 23.6. The third-order valence-corrected chi connectivity index (χ3v) is 18.2.